The third-order valence-corrected chi connectivity index (χ3v) is 2.97. The van der Waals surface area contributed by atoms with E-state index in [4.69, 9.17) is 0 Å². The minimum absolute atomic E-state index is 0.817. The normalized spacial score (nSPS) is 10.6. The Kier molecular flexibility index (Phi) is 2.83. The van der Waals surface area contributed by atoms with Gasteiger partial charge in [-0.05, 0) is 31.2 Å². The Hall–Kier alpha value is -2.49. The molecule has 0 atom stereocenters. The lowest BCUT2D eigenvalue weighted by atomic mass is 10.2. The number of nitrogens with one attached hydrogen (secondary N) is 1. The molecule has 0 aliphatic rings. The highest BCUT2D eigenvalue weighted by Crippen LogP contribution is 2.21. The molecule has 4 heteroatoms. The first-order valence-electron chi connectivity index (χ1n) is 6.19. The molecule has 0 spiro atoms. The highest BCUT2D eigenvalue weighted by atomic mass is 15.4. The van der Waals surface area contributed by atoms with Crippen LogP contribution in [-0.2, 0) is 7.05 Å². The van der Waals surface area contributed by atoms with Gasteiger partial charge in [-0.2, -0.15) is 0 Å². The Morgan fingerprint density at radius 3 is 2.47 bits per heavy atom. The van der Waals surface area contributed by atoms with E-state index in [2.05, 4.69) is 34.6 Å². The zero-order chi connectivity index (χ0) is 13.2. The van der Waals surface area contributed by atoms with E-state index in [1.54, 1.807) is 4.80 Å². The van der Waals surface area contributed by atoms with Gasteiger partial charge in [0.2, 0.25) is 5.82 Å². The second kappa shape index (κ2) is 4.65. The molecule has 0 saturated heterocycles. The van der Waals surface area contributed by atoms with Crippen molar-refractivity contribution in [2.45, 2.75) is 6.92 Å². The van der Waals surface area contributed by atoms with E-state index in [1.807, 2.05) is 43.4 Å². The van der Waals surface area contributed by atoms with Gasteiger partial charge in [0.1, 0.15) is 5.52 Å². The molecular formula is C15H15N4+. The summed E-state index contributed by atoms with van der Waals surface area (Å²) in [6.07, 6.45) is 0. The van der Waals surface area contributed by atoms with E-state index in [-0.39, 0.29) is 0 Å². The molecule has 0 amide bonds. The Balaban J connectivity index is 2.07. The van der Waals surface area contributed by atoms with Crippen LogP contribution in [-0.4, -0.2) is 10.2 Å². The van der Waals surface area contributed by atoms with Crippen molar-refractivity contribution in [3.05, 3.63) is 54.1 Å². The monoisotopic (exact) mass is 251 g/mol. The quantitative estimate of drug-likeness (QED) is 0.711. The highest BCUT2D eigenvalue weighted by Gasteiger charge is 2.10. The molecule has 0 unspecified atom stereocenters. The molecule has 1 N–H and O–H groups in total. The van der Waals surface area contributed by atoms with Gasteiger partial charge < -0.3 is 5.32 Å². The van der Waals surface area contributed by atoms with Gasteiger partial charge in [0.05, 0.1) is 5.39 Å². The van der Waals surface area contributed by atoms with Gasteiger partial charge in [0.15, 0.2) is 7.05 Å². The lowest BCUT2D eigenvalue weighted by Gasteiger charge is -2.05. The summed E-state index contributed by atoms with van der Waals surface area (Å²) in [7, 11) is 1.83. The molecule has 94 valence electrons. The first-order valence-corrected chi connectivity index (χ1v) is 6.19. The van der Waals surface area contributed by atoms with E-state index in [0.717, 1.165) is 22.4 Å². The van der Waals surface area contributed by atoms with E-state index in [0.29, 0.717) is 0 Å². The number of rotatable bonds is 2. The highest BCUT2D eigenvalue weighted by molar-refractivity contribution is 5.89. The Bertz CT molecular complexity index is 720. The van der Waals surface area contributed by atoms with Crippen molar-refractivity contribution in [1.82, 2.24) is 10.2 Å². The number of fused-ring (bicyclic) bond motifs is 1. The van der Waals surface area contributed by atoms with E-state index >= 15 is 0 Å². The van der Waals surface area contributed by atoms with Crippen molar-refractivity contribution in [3.8, 4) is 0 Å². The van der Waals surface area contributed by atoms with Crippen molar-refractivity contribution >= 4 is 22.4 Å². The van der Waals surface area contributed by atoms with Gasteiger partial charge in [-0.3, -0.25) is 0 Å². The van der Waals surface area contributed by atoms with E-state index in [9.17, 15) is 0 Å². The average Bonchev–Trinajstić information content (AvgIpc) is 2.41. The van der Waals surface area contributed by atoms with Gasteiger partial charge in [-0.25, -0.2) is 0 Å². The minimum Gasteiger partial charge on any atom is -0.335 e. The summed E-state index contributed by atoms with van der Waals surface area (Å²) in [5.74, 6) is 0.817. The Labute approximate surface area is 111 Å². The number of hydrogen-bond acceptors (Lipinski definition) is 3. The van der Waals surface area contributed by atoms with Crippen LogP contribution >= 0.6 is 0 Å². The van der Waals surface area contributed by atoms with Gasteiger partial charge in [-0.15, -0.1) is 0 Å². The van der Waals surface area contributed by atoms with Gasteiger partial charge in [0.25, 0.3) is 0 Å². The first kappa shape index (κ1) is 11.6. The van der Waals surface area contributed by atoms with Crippen LogP contribution < -0.4 is 10.1 Å². The van der Waals surface area contributed by atoms with Crippen LogP contribution in [0.4, 0.5) is 11.5 Å². The molecule has 1 aromatic heterocycles. The van der Waals surface area contributed by atoms with Gasteiger partial charge in [0, 0.05) is 20.7 Å². The second-order valence-electron chi connectivity index (χ2n) is 4.55. The number of nitrogens with zero attached hydrogens (tertiary/aromatic N) is 3. The smallest absolute Gasteiger partial charge is 0.210 e. The molecule has 0 fully saturated rings. The molecule has 0 bridgehead atoms. The van der Waals surface area contributed by atoms with Crippen LogP contribution in [0.1, 0.15) is 5.56 Å². The third kappa shape index (κ3) is 2.38. The fourth-order valence-electron chi connectivity index (χ4n) is 2.00. The molecule has 0 saturated carbocycles. The summed E-state index contributed by atoms with van der Waals surface area (Å²) < 4.78 is 0. The first-order chi connectivity index (χ1) is 9.22. The van der Waals surface area contributed by atoms with Crippen LogP contribution in [0, 0.1) is 6.92 Å². The summed E-state index contributed by atoms with van der Waals surface area (Å²) in [5.41, 5.74) is 3.19. The van der Waals surface area contributed by atoms with Crippen LogP contribution in [0.15, 0.2) is 48.5 Å². The summed E-state index contributed by atoms with van der Waals surface area (Å²) in [5, 5.41) is 13.1. The molecule has 0 aliphatic carbocycles. The van der Waals surface area contributed by atoms with Crippen molar-refractivity contribution in [1.29, 1.82) is 0 Å². The van der Waals surface area contributed by atoms with Crippen LogP contribution in [0.5, 0.6) is 0 Å². The molecule has 3 aromatic rings. The molecule has 3 rings (SSSR count). The maximum absolute atomic E-state index is 4.41. The average molecular weight is 251 g/mol. The Morgan fingerprint density at radius 1 is 0.947 bits per heavy atom. The Morgan fingerprint density at radius 2 is 1.68 bits per heavy atom. The van der Waals surface area contributed by atoms with Crippen LogP contribution in [0.2, 0.25) is 0 Å². The predicted molar refractivity (Wildman–Crippen MR) is 75.2 cm³/mol. The second-order valence-corrected chi connectivity index (χ2v) is 4.55. The number of benzene rings is 2. The molecule has 0 radical (unpaired) electrons. The maximum atomic E-state index is 4.41. The number of hydrogen-bond donors (Lipinski definition) is 1. The molecule has 4 nitrogen and oxygen atoms in total. The third-order valence-electron chi connectivity index (χ3n) is 2.97. The summed E-state index contributed by atoms with van der Waals surface area (Å²) in [6, 6.07) is 16.2. The fraction of sp³-hybridized carbons (Fsp3) is 0.133. The zero-order valence-corrected chi connectivity index (χ0v) is 11.0. The summed E-state index contributed by atoms with van der Waals surface area (Å²) in [4.78, 5) is 1.58. The number of aromatic nitrogens is 3. The lowest BCUT2D eigenvalue weighted by Crippen LogP contribution is -2.37. The lowest BCUT2D eigenvalue weighted by molar-refractivity contribution is -0.783. The number of anilines is 2. The van der Waals surface area contributed by atoms with Crippen molar-refractivity contribution in [2.75, 3.05) is 5.32 Å². The van der Waals surface area contributed by atoms with Crippen LogP contribution in [0.3, 0.4) is 0 Å². The molecule has 2 aromatic carbocycles. The zero-order valence-electron chi connectivity index (χ0n) is 11.0. The van der Waals surface area contributed by atoms with Gasteiger partial charge >= 0.3 is 0 Å². The fourth-order valence-corrected chi connectivity index (χ4v) is 2.00. The van der Waals surface area contributed by atoms with Crippen LogP contribution in [0.25, 0.3) is 10.9 Å². The SMILES string of the molecule is Cc1ccc(Nc2n[n+](C)nc3ccccc23)cc1. The number of aryl methyl sites for hydroxylation is 2. The topological polar surface area (TPSA) is 41.7 Å². The van der Waals surface area contributed by atoms with E-state index in [1.165, 1.54) is 5.56 Å². The largest absolute Gasteiger partial charge is 0.335 e. The van der Waals surface area contributed by atoms with Gasteiger partial charge in [-0.1, -0.05) is 29.8 Å². The molecular weight excluding hydrogens is 236 g/mol. The van der Waals surface area contributed by atoms with E-state index < -0.39 is 0 Å². The van der Waals surface area contributed by atoms with Crippen molar-refractivity contribution in [2.24, 2.45) is 7.05 Å². The minimum atomic E-state index is 0.817. The standard InChI is InChI=1S/C15H15N4/c1-11-7-9-12(10-8-11)16-15-13-5-3-4-6-14(13)17-19(2)18-15/h3-10H,1-2H3,(H,16,17,18)/q+1. The molecule has 0 aliphatic heterocycles. The molecule has 1 heterocycles. The molecule has 19 heavy (non-hydrogen) atoms. The summed E-state index contributed by atoms with van der Waals surface area (Å²) >= 11 is 0. The summed E-state index contributed by atoms with van der Waals surface area (Å²) in [6.45, 7) is 2.07. The van der Waals surface area contributed by atoms with Crippen molar-refractivity contribution in [3.63, 3.8) is 0 Å². The van der Waals surface area contributed by atoms with Crippen molar-refractivity contribution < 1.29 is 4.80 Å². The predicted octanol–water partition coefficient (Wildman–Crippen LogP) is 2.51. The maximum Gasteiger partial charge on any atom is 0.210 e.